The number of hydrogen-bond donors (Lipinski definition) is 2. The van der Waals surface area contributed by atoms with Crippen LogP contribution in [-0.4, -0.2) is 33.1 Å². The highest BCUT2D eigenvalue weighted by Gasteiger charge is 2.41. The van der Waals surface area contributed by atoms with Crippen LogP contribution in [0.3, 0.4) is 0 Å². The molecule has 5 aromatic rings. The minimum Gasteiger partial charge on any atom is -0.469 e. The summed E-state index contributed by atoms with van der Waals surface area (Å²) in [6.45, 7) is 11.0. The molecule has 0 aliphatic carbocycles. The predicted molar refractivity (Wildman–Crippen MR) is 162 cm³/mol. The number of ether oxygens (including phenoxy) is 1. The Morgan fingerprint density at radius 2 is 1.78 bits per heavy atom. The molecule has 5 rings (SSSR count). The lowest BCUT2D eigenvalue weighted by Crippen LogP contribution is -2.34. The summed E-state index contributed by atoms with van der Waals surface area (Å²) < 4.78 is 7.03. The Hall–Kier alpha value is -4.30. The molecule has 0 saturated heterocycles. The average Bonchev–Trinajstić information content (AvgIpc) is 3.33. The van der Waals surface area contributed by atoms with Crippen molar-refractivity contribution in [2.75, 3.05) is 7.11 Å². The van der Waals surface area contributed by atoms with E-state index in [2.05, 4.69) is 51.8 Å². The van der Waals surface area contributed by atoms with E-state index in [1.807, 2.05) is 65.1 Å². The van der Waals surface area contributed by atoms with Crippen LogP contribution in [0.25, 0.3) is 21.9 Å². The van der Waals surface area contributed by atoms with Crippen molar-refractivity contribution in [1.82, 2.24) is 25.3 Å². The van der Waals surface area contributed by atoms with Crippen molar-refractivity contribution in [2.24, 2.45) is 12.5 Å². The number of hydrogen-bond acceptors (Lipinski definition) is 6. The van der Waals surface area contributed by atoms with E-state index in [1.165, 1.54) is 7.11 Å². The van der Waals surface area contributed by atoms with Crippen LogP contribution >= 0.6 is 0 Å². The summed E-state index contributed by atoms with van der Waals surface area (Å²) in [5.41, 5.74) is 8.66. The number of nitrogens with one attached hydrogen (secondary N) is 2. The third-order valence-electron chi connectivity index (χ3n) is 8.33. The fraction of sp³-hybridized carbons (Fsp3) is 0.333. The molecule has 0 spiro atoms. The predicted octanol–water partition coefficient (Wildman–Crippen LogP) is 5.36. The molecule has 0 amide bonds. The van der Waals surface area contributed by atoms with Gasteiger partial charge in [-0.2, -0.15) is 0 Å². The fourth-order valence-electron chi connectivity index (χ4n) is 5.88. The van der Waals surface area contributed by atoms with Gasteiger partial charge in [0.1, 0.15) is 5.52 Å². The number of nitrogens with zero attached hydrogens (tertiary/aromatic N) is 3. The molecule has 0 fully saturated rings. The molecule has 0 aliphatic heterocycles. The van der Waals surface area contributed by atoms with Gasteiger partial charge < -0.3 is 15.0 Å². The van der Waals surface area contributed by atoms with Crippen molar-refractivity contribution in [2.45, 2.75) is 53.6 Å². The first-order valence-electron chi connectivity index (χ1n) is 13.8. The number of carbonyl (C=O) groups is 1. The number of aromatic amines is 1. The molecule has 8 heteroatoms. The number of methoxy groups -OCH3 is 1. The lowest BCUT2D eigenvalue weighted by atomic mass is 9.69. The number of aryl methyl sites for hydroxylation is 4. The maximum Gasteiger partial charge on any atom is 0.312 e. The van der Waals surface area contributed by atoms with E-state index in [0.717, 1.165) is 55.3 Å². The van der Waals surface area contributed by atoms with Crippen LogP contribution in [0, 0.1) is 26.2 Å². The minimum atomic E-state index is -0.855. The summed E-state index contributed by atoms with van der Waals surface area (Å²) in [6.07, 6.45) is 0. The second-order valence-electron chi connectivity index (χ2n) is 11.5. The minimum absolute atomic E-state index is 0.0838. The van der Waals surface area contributed by atoms with Gasteiger partial charge in [-0.05, 0) is 85.5 Å². The van der Waals surface area contributed by atoms with Gasteiger partial charge in [0.25, 0.3) is 5.56 Å². The molecule has 8 nitrogen and oxygen atoms in total. The van der Waals surface area contributed by atoms with Gasteiger partial charge in [0.05, 0.1) is 23.6 Å². The molecule has 1 unspecified atom stereocenters. The highest BCUT2D eigenvalue weighted by Crippen LogP contribution is 2.44. The number of carbonyl (C=O) groups excluding carboxylic acids is 1. The molecule has 1 atom stereocenters. The fourth-order valence-corrected chi connectivity index (χ4v) is 5.88. The Balaban J connectivity index is 1.49. The number of benzene rings is 3. The standard InChI is InChI=1S/C33H37N5O3/c1-19-11-12-22(15-24(19)17-34-18-25-16-23-10-8-9-20(2)29(23)35-31(25)39)28(33(4,5)32(40)41-7)26-13-14-27-30(21(26)3)36-37-38(27)6/h8-16,28,34H,17-18H2,1-7H3,(H,35,39). The largest absolute Gasteiger partial charge is 0.469 e. The topological polar surface area (TPSA) is 102 Å². The summed E-state index contributed by atoms with van der Waals surface area (Å²) in [5, 5.41) is 13.1. The lowest BCUT2D eigenvalue weighted by molar-refractivity contribution is -0.151. The van der Waals surface area contributed by atoms with Gasteiger partial charge >= 0.3 is 5.97 Å². The summed E-state index contributed by atoms with van der Waals surface area (Å²) in [6, 6.07) is 18.4. The van der Waals surface area contributed by atoms with E-state index >= 15 is 0 Å². The Bertz CT molecular complexity index is 1830. The smallest absolute Gasteiger partial charge is 0.312 e. The molecule has 2 heterocycles. The van der Waals surface area contributed by atoms with E-state index in [-0.39, 0.29) is 17.4 Å². The second-order valence-corrected chi connectivity index (χ2v) is 11.5. The molecule has 0 radical (unpaired) electrons. The van der Waals surface area contributed by atoms with Gasteiger partial charge in [0.15, 0.2) is 0 Å². The normalized spacial score (nSPS) is 12.7. The Labute approximate surface area is 239 Å². The van der Waals surface area contributed by atoms with E-state index in [4.69, 9.17) is 4.74 Å². The SMILES string of the molecule is COC(=O)C(C)(C)C(c1ccc(C)c(CNCc2cc3cccc(C)c3[nH]c2=O)c1)c1ccc2c(nnn2C)c1C. The van der Waals surface area contributed by atoms with Crippen LogP contribution < -0.4 is 10.9 Å². The highest BCUT2D eigenvalue weighted by molar-refractivity contribution is 5.83. The summed E-state index contributed by atoms with van der Waals surface area (Å²) in [4.78, 5) is 28.9. The van der Waals surface area contributed by atoms with Crippen LogP contribution in [0.1, 0.15) is 58.7 Å². The lowest BCUT2D eigenvalue weighted by Gasteiger charge is -2.34. The Morgan fingerprint density at radius 1 is 1.02 bits per heavy atom. The van der Waals surface area contributed by atoms with E-state index < -0.39 is 5.41 Å². The number of rotatable bonds is 8. The van der Waals surface area contributed by atoms with Crippen molar-refractivity contribution in [3.8, 4) is 0 Å². The van der Waals surface area contributed by atoms with Gasteiger partial charge in [0.2, 0.25) is 0 Å². The summed E-state index contributed by atoms with van der Waals surface area (Å²) in [5.74, 6) is -0.570. The molecular formula is C33H37N5O3. The molecule has 41 heavy (non-hydrogen) atoms. The van der Waals surface area contributed by atoms with Crippen molar-refractivity contribution in [3.05, 3.63) is 104 Å². The molecule has 2 aromatic heterocycles. The van der Waals surface area contributed by atoms with Gasteiger partial charge in [-0.1, -0.05) is 47.7 Å². The first-order chi connectivity index (χ1) is 19.5. The van der Waals surface area contributed by atoms with Crippen molar-refractivity contribution < 1.29 is 9.53 Å². The first kappa shape index (κ1) is 28.2. The number of H-pyrrole nitrogens is 1. The number of esters is 1. The quantitative estimate of drug-likeness (QED) is 0.252. The summed E-state index contributed by atoms with van der Waals surface area (Å²) in [7, 11) is 3.30. The zero-order valence-electron chi connectivity index (χ0n) is 24.8. The summed E-state index contributed by atoms with van der Waals surface area (Å²) >= 11 is 0. The van der Waals surface area contributed by atoms with Crippen LogP contribution in [0.4, 0.5) is 0 Å². The molecule has 0 bridgehead atoms. The second kappa shape index (κ2) is 10.9. The number of fused-ring (bicyclic) bond motifs is 2. The average molecular weight is 552 g/mol. The molecular weight excluding hydrogens is 514 g/mol. The van der Waals surface area contributed by atoms with Gasteiger partial charge in [-0.3, -0.25) is 9.59 Å². The molecule has 3 aromatic carbocycles. The maximum absolute atomic E-state index is 13.1. The third-order valence-corrected chi connectivity index (χ3v) is 8.33. The van der Waals surface area contributed by atoms with Crippen LogP contribution in [0.5, 0.6) is 0 Å². The molecule has 2 N–H and O–H groups in total. The van der Waals surface area contributed by atoms with Crippen LogP contribution in [0.2, 0.25) is 0 Å². The number of aromatic nitrogens is 4. The number of para-hydroxylation sites is 1. The van der Waals surface area contributed by atoms with E-state index in [1.54, 1.807) is 4.68 Å². The first-order valence-corrected chi connectivity index (χ1v) is 13.8. The third kappa shape index (κ3) is 5.15. The van der Waals surface area contributed by atoms with Gasteiger partial charge in [-0.15, -0.1) is 5.10 Å². The Kier molecular flexibility index (Phi) is 7.53. The van der Waals surface area contributed by atoms with Crippen molar-refractivity contribution in [3.63, 3.8) is 0 Å². The Morgan fingerprint density at radius 3 is 2.54 bits per heavy atom. The van der Waals surface area contributed by atoms with Gasteiger partial charge in [0, 0.05) is 31.6 Å². The van der Waals surface area contributed by atoms with E-state index in [0.29, 0.717) is 18.7 Å². The zero-order chi connectivity index (χ0) is 29.5. The van der Waals surface area contributed by atoms with Gasteiger partial charge in [-0.25, -0.2) is 4.68 Å². The van der Waals surface area contributed by atoms with Crippen LogP contribution in [-0.2, 0) is 29.7 Å². The number of pyridine rings is 1. The molecule has 0 saturated carbocycles. The van der Waals surface area contributed by atoms with E-state index in [9.17, 15) is 9.59 Å². The monoisotopic (exact) mass is 551 g/mol. The zero-order valence-corrected chi connectivity index (χ0v) is 24.8. The maximum atomic E-state index is 13.1. The molecule has 212 valence electrons. The van der Waals surface area contributed by atoms with Crippen molar-refractivity contribution in [1.29, 1.82) is 0 Å². The van der Waals surface area contributed by atoms with Crippen LogP contribution in [0.15, 0.2) is 59.4 Å². The highest BCUT2D eigenvalue weighted by atomic mass is 16.5. The van der Waals surface area contributed by atoms with Crippen molar-refractivity contribution >= 4 is 27.9 Å². The molecule has 0 aliphatic rings.